The molecule has 0 aliphatic heterocycles. The predicted octanol–water partition coefficient (Wildman–Crippen LogP) is 3.08. The van der Waals surface area contributed by atoms with Gasteiger partial charge in [-0.1, -0.05) is 19.4 Å². The van der Waals surface area contributed by atoms with E-state index in [2.05, 4.69) is 12.0 Å². The summed E-state index contributed by atoms with van der Waals surface area (Å²) in [5.74, 6) is 0.0548. The smallest absolute Gasteiger partial charge is 0.136 e. The zero-order valence-corrected chi connectivity index (χ0v) is 11.2. The fraction of sp³-hybridized carbons (Fsp3) is 0.357. The number of nitrogen functional groups attached to an aromatic ring is 1. The molecule has 4 nitrogen and oxygen atoms in total. The van der Waals surface area contributed by atoms with Gasteiger partial charge in [0.1, 0.15) is 17.3 Å². The second-order valence-electron chi connectivity index (χ2n) is 4.37. The minimum Gasteiger partial charge on any atom is -0.496 e. The number of halogens is 1. The van der Waals surface area contributed by atoms with E-state index in [1.165, 1.54) is 13.2 Å². The van der Waals surface area contributed by atoms with Crippen molar-refractivity contribution in [3.63, 3.8) is 0 Å². The van der Waals surface area contributed by atoms with Gasteiger partial charge in [-0.25, -0.2) is 4.39 Å². The maximum atomic E-state index is 14.0. The number of nitrogens with two attached hydrogens (primary N) is 1. The summed E-state index contributed by atoms with van der Waals surface area (Å²) in [6, 6.07) is 4.67. The number of benzene rings is 1. The maximum absolute atomic E-state index is 14.0. The van der Waals surface area contributed by atoms with Crippen LogP contribution in [-0.2, 0) is 6.54 Å². The van der Waals surface area contributed by atoms with Gasteiger partial charge in [-0.2, -0.15) is 5.10 Å². The summed E-state index contributed by atoms with van der Waals surface area (Å²) >= 11 is 0. The van der Waals surface area contributed by atoms with Crippen LogP contribution < -0.4 is 10.5 Å². The molecule has 0 aliphatic carbocycles. The van der Waals surface area contributed by atoms with Crippen molar-refractivity contribution in [1.82, 2.24) is 9.78 Å². The highest BCUT2D eigenvalue weighted by atomic mass is 19.1. The molecule has 0 atom stereocenters. The summed E-state index contributed by atoms with van der Waals surface area (Å²) in [5, 5.41) is 4.36. The number of hydrogen-bond acceptors (Lipinski definition) is 3. The van der Waals surface area contributed by atoms with Crippen LogP contribution in [0.4, 0.5) is 10.1 Å². The van der Waals surface area contributed by atoms with Gasteiger partial charge < -0.3 is 10.5 Å². The number of ether oxygens (including phenoxy) is 1. The molecule has 0 radical (unpaired) electrons. The molecule has 0 spiro atoms. The summed E-state index contributed by atoms with van der Waals surface area (Å²) in [6.07, 6.45) is 3.81. The van der Waals surface area contributed by atoms with Crippen LogP contribution in [0.1, 0.15) is 19.8 Å². The van der Waals surface area contributed by atoms with Gasteiger partial charge in [0, 0.05) is 12.7 Å². The third-order valence-corrected chi connectivity index (χ3v) is 2.96. The number of unbranched alkanes of at least 4 members (excludes halogenated alkanes) is 1. The van der Waals surface area contributed by atoms with Gasteiger partial charge in [0.15, 0.2) is 0 Å². The zero-order chi connectivity index (χ0) is 13.8. The lowest BCUT2D eigenvalue weighted by Crippen LogP contribution is -1.99. The van der Waals surface area contributed by atoms with Gasteiger partial charge in [-0.3, -0.25) is 4.68 Å². The SMILES string of the molecule is CCCCn1cc(N)c(-c2c(F)cccc2OC)n1. The molecule has 0 bridgehead atoms. The molecule has 1 heterocycles. The van der Waals surface area contributed by atoms with Gasteiger partial charge >= 0.3 is 0 Å². The molecule has 0 saturated carbocycles. The minimum absolute atomic E-state index is 0.317. The molecular weight excluding hydrogens is 245 g/mol. The highest BCUT2D eigenvalue weighted by Crippen LogP contribution is 2.34. The fourth-order valence-electron chi connectivity index (χ4n) is 1.97. The zero-order valence-electron chi connectivity index (χ0n) is 11.2. The van der Waals surface area contributed by atoms with Crippen LogP contribution in [0.3, 0.4) is 0 Å². The van der Waals surface area contributed by atoms with Crippen molar-refractivity contribution in [3.8, 4) is 17.0 Å². The van der Waals surface area contributed by atoms with E-state index in [0.29, 0.717) is 22.7 Å². The van der Waals surface area contributed by atoms with Gasteiger partial charge in [0.25, 0.3) is 0 Å². The van der Waals surface area contributed by atoms with Gasteiger partial charge in [-0.15, -0.1) is 0 Å². The van der Waals surface area contributed by atoms with E-state index in [1.807, 2.05) is 0 Å². The lowest BCUT2D eigenvalue weighted by Gasteiger charge is -2.07. The van der Waals surface area contributed by atoms with Crippen LogP contribution in [0, 0.1) is 5.82 Å². The standard InChI is InChI=1S/C14H18FN3O/c1-3-4-8-18-9-11(16)14(17-18)13-10(15)6-5-7-12(13)19-2/h5-7,9H,3-4,8,16H2,1-2H3. The van der Waals surface area contributed by atoms with E-state index in [-0.39, 0.29) is 5.82 Å². The second kappa shape index (κ2) is 5.73. The normalized spacial score (nSPS) is 10.7. The van der Waals surface area contributed by atoms with Crippen LogP contribution >= 0.6 is 0 Å². The molecule has 0 aliphatic rings. The highest BCUT2D eigenvalue weighted by Gasteiger charge is 2.17. The number of aryl methyl sites for hydroxylation is 1. The molecule has 0 amide bonds. The number of rotatable bonds is 5. The Hall–Kier alpha value is -2.04. The average molecular weight is 263 g/mol. The first-order chi connectivity index (χ1) is 9.17. The van der Waals surface area contributed by atoms with Crippen molar-refractivity contribution in [2.45, 2.75) is 26.3 Å². The summed E-state index contributed by atoms with van der Waals surface area (Å²) in [7, 11) is 1.50. The first-order valence-corrected chi connectivity index (χ1v) is 6.33. The number of nitrogens with zero attached hydrogens (tertiary/aromatic N) is 2. The van der Waals surface area contributed by atoms with Crippen molar-refractivity contribution in [3.05, 3.63) is 30.2 Å². The third kappa shape index (κ3) is 2.70. The van der Waals surface area contributed by atoms with Crippen molar-refractivity contribution in [2.24, 2.45) is 0 Å². The lowest BCUT2D eigenvalue weighted by atomic mass is 10.1. The predicted molar refractivity (Wildman–Crippen MR) is 73.5 cm³/mol. The van der Waals surface area contributed by atoms with Gasteiger partial charge in [0.2, 0.25) is 0 Å². The first kappa shape index (κ1) is 13.4. The molecule has 1 aromatic carbocycles. The van der Waals surface area contributed by atoms with Crippen LogP contribution in [0.15, 0.2) is 24.4 Å². The number of anilines is 1. The van der Waals surface area contributed by atoms with Crippen LogP contribution in [0.2, 0.25) is 0 Å². The Labute approximate surface area is 112 Å². The number of methoxy groups -OCH3 is 1. The van der Waals surface area contributed by atoms with E-state index in [0.717, 1.165) is 19.4 Å². The monoisotopic (exact) mass is 263 g/mol. The summed E-state index contributed by atoms with van der Waals surface area (Å²) in [5.41, 5.74) is 7.14. The number of aromatic nitrogens is 2. The van der Waals surface area contributed by atoms with Crippen LogP contribution in [0.25, 0.3) is 11.3 Å². The Morgan fingerprint density at radius 3 is 2.89 bits per heavy atom. The van der Waals surface area contributed by atoms with Crippen LogP contribution in [0.5, 0.6) is 5.75 Å². The van der Waals surface area contributed by atoms with Crippen molar-refractivity contribution < 1.29 is 9.13 Å². The van der Waals surface area contributed by atoms with E-state index in [1.54, 1.807) is 23.0 Å². The van der Waals surface area contributed by atoms with Gasteiger partial charge in [-0.05, 0) is 18.6 Å². The number of hydrogen-bond donors (Lipinski definition) is 1. The largest absolute Gasteiger partial charge is 0.496 e. The van der Waals surface area contributed by atoms with E-state index in [9.17, 15) is 4.39 Å². The summed E-state index contributed by atoms with van der Waals surface area (Å²) in [6.45, 7) is 2.88. The third-order valence-electron chi connectivity index (χ3n) is 2.96. The minimum atomic E-state index is -0.383. The molecular formula is C14H18FN3O. The van der Waals surface area contributed by atoms with Crippen LogP contribution in [-0.4, -0.2) is 16.9 Å². The first-order valence-electron chi connectivity index (χ1n) is 6.33. The Morgan fingerprint density at radius 2 is 2.21 bits per heavy atom. The molecule has 1 aromatic heterocycles. The van der Waals surface area contributed by atoms with E-state index in [4.69, 9.17) is 10.5 Å². The van der Waals surface area contributed by atoms with Gasteiger partial charge in [0.05, 0.1) is 18.4 Å². The Bertz CT molecular complexity index is 566. The molecule has 2 N–H and O–H groups in total. The Kier molecular flexibility index (Phi) is 4.04. The lowest BCUT2D eigenvalue weighted by molar-refractivity contribution is 0.413. The molecule has 5 heteroatoms. The fourth-order valence-corrected chi connectivity index (χ4v) is 1.97. The van der Waals surface area contributed by atoms with Crippen molar-refractivity contribution in [2.75, 3.05) is 12.8 Å². The molecule has 0 saturated heterocycles. The maximum Gasteiger partial charge on any atom is 0.136 e. The molecule has 0 fully saturated rings. The van der Waals surface area contributed by atoms with Crippen molar-refractivity contribution in [1.29, 1.82) is 0 Å². The summed E-state index contributed by atoms with van der Waals surface area (Å²) < 4.78 is 20.9. The molecule has 2 aromatic rings. The Balaban J connectivity index is 2.44. The topological polar surface area (TPSA) is 53.1 Å². The highest BCUT2D eigenvalue weighted by molar-refractivity contribution is 5.77. The molecule has 0 unspecified atom stereocenters. The van der Waals surface area contributed by atoms with Crippen molar-refractivity contribution >= 4 is 5.69 Å². The average Bonchev–Trinajstić information content (AvgIpc) is 2.77. The molecule has 19 heavy (non-hydrogen) atoms. The second-order valence-corrected chi connectivity index (χ2v) is 4.37. The Morgan fingerprint density at radius 1 is 1.42 bits per heavy atom. The summed E-state index contributed by atoms with van der Waals surface area (Å²) in [4.78, 5) is 0. The van der Waals surface area contributed by atoms with E-state index >= 15 is 0 Å². The molecule has 2 rings (SSSR count). The molecule has 102 valence electrons. The van der Waals surface area contributed by atoms with E-state index < -0.39 is 0 Å². The quantitative estimate of drug-likeness (QED) is 0.902.